The number of para-hydroxylation sites is 3. The summed E-state index contributed by atoms with van der Waals surface area (Å²) in [5.74, 6) is 0.930. The smallest absolute Gasteiger partial charge is 0.279 e. The maximum Gasteiger partial charge on any atom is 0.279 e. The molecule has 3 aromatic rings. The van der Waals surface area contributed by atoms with E-state index in [1.165, 1.54) is 0 Å². The number of carbonyl (C=O) groups is 2. The lowest BCUT2D eigenvalue weighted by atomic mass is 10.1. The van der Waals surface area contributed by atoms with E-state index in [1.807, 2.05) is 54.6 Å². The molecule has 2 amide bonds. The molecule has 1 aliphatic rings. The van der Waals surface area contributed by atoms with Crippen molar-refractivity contribution in [2.75, 3.05) is 13.2 Å². The minimum absolute atomic E-state index is 0.264. The molecule has 2 N–H and O–H groups in total. The molecule has 1 heterocycles. The van der Waals surface area contributed by atoms with E-state index in [-0.39, 0.29) is 6.61 Å². The average Bonchev–Trinajstić information content (AvgIpc) is 3.25. The molecule has 0 fully saturated rings. The molecular weight excluding hydrogens is 396 g/mol. The normalized spacial score (nSPS) is 14.1. The van der Waals surface area contributed by atoms with Crippen molar-refractivity contribution in [2.24, 2.45) is 0 Å². The molecule has 0 radical (unpaired) electrons. The zero-order chi connectivity index (χ0) is 21.5. The number of fused-ring (bicyclic) bond motifs is 1. The predicted octanol–water partition coefficient (Wildman–Crippen LogP) is 2.91. The van der Waals surface area contributed by atoms with Gasteiger partial charge in [-0.1, -0.05) is 48.5 Å². The second kappa shape index (κ2) is 9.67. The number of ether oxygens (including phenoxy) is 3. The van der Waals surface area contributed by atoms with E-state index in [2.05, 4.69) is 10.9 Å². The summed E-state index contributed by atoms with van der Waals surface area (Å²) < 4.78 is 16.9. The lowest BCUT2D eigenvalue weighted by molar-refractivity contribution is -0.128. The van der Waals surface area contributed by atoms with Gasteiger partial charge >= 0.3 is 0 Å². The van der Waals surface area contributed by atoms with Crippen molar-refractivity contribution < 1.29 is 23.8 Å². The van der Waals surface area contributed by atoms with Crippen molar-refractivity contribution in [3.8, 4) is 17.2 Å². The van der Waals surface area contributed by atoms with Crippen LogP contribution >= 0.6 is 0 Å². The summed E-state index contributed by atoms with van der Waals surface area (Å²) in [5.41, 5.74) is 6.13. The summed E-state index contributed by atoms with van der Waals surface area (Å²) in [6.07, 6.45) is -0.224. The van der Waals surface area contributed by atoms with Crippen LogP contribution in [0.4, 0.5) is 0 Å². The summed E-state index contributed by atoms with van der Waals surface area (Å²) in [4.78, 5) is 25.0. The van der Waals surface area contributed by atoms with Gasteiger partial charge in [-0.05, 0) is 35.9 Å². The van der Waals surface area contributed by atoms with E-state index in [0.29, 0.717) is 30.1 Å². The van der Waals surface area contributed by atoms with Crippen LogP contribution in [0.1, 0.15) is 15.9 Å². The van der Waals surface area contributed by atoms with Crippen LogP contribution in [0, 0.1) is 0 Å². The predicted molar refractivity (Wildman–Crippen MR) is 114 cm³/mol. The fourth-order valence-electron chi connectivity index (χ4n) is 3.20. The number of nitrogens with one attached hydrogen (secondary N) is 2. The molecule has 0 saturated carbocycles. The average molecular weight is 418 g/mol. The standard InChI is InChI=1S/C24H22N2O5/c27-23(25-26-24(28)22-16-17-8-4-6-12-20(17)31-22)19-11-5-7-13-21(19)30-15-14-29-18-9-2-1-3-10-18/h1-13,22H,14-16H2,(H,25,27)(H,26,28)/t22-/m0/s1. The number of hydrogen-bond acceptors (Lipinski definition) is 5. The van der Waals surface area contributed by atoms with Gasteiger partial charge in [-0.25, -0.2) is 0 Å². The highest BCUT2D eigenvalue weighted by molar-refractivity contribution is 5.98. The Balaban J connectivity index is 1.27. The van der Waals surface area contributed by atoms with Gasteiger partial charge in [0.1, 0.15) is 30.5 Å². The largest absolute Gasteiger partial charge is 0.490 e. The molecule has 7 heteroatoms. The quantitative estimate of drug-likeness (QED) is 0.455. The second-order valence-electron chi connectivity index (χ2n) is 6.87. The molecular formula is C24H22N2O5. The molecule has 0 saturated heterocycles. The van der Waals surface area contributed by atoms with Crippen molar-refractivity contribution in [3.05, 3.63) is 90.0 Å². The summed E-state index contributed by atoms with van der Waals surface area (Å²) in [7, 11) is 0. The van der Waals surface area contributed by atoms with Crippen LogP contribution in [-0.2, 0) is 11.2 Å². The van der Waals surface area contributed by atoms with Gasteiger partial charge in [0.25, 0.3) is 11.8 Å². The fourth-order valence-corrected chi connectivity index (χ4v) is 3.20. The molecule has 0 aromatic heterocycles. The Labute approximate surface area is 179 Å². The minimum Gasteiger partial charge on any atom is -0.490 e. The molecule has 0 bridgehead atoms. The van der Waals surface area contributed by atoms with Crippen molar-refractivity contribution in [1.82, 2.24) is 10.9 Å². The highest BCUT2D eigenvalue weighted by Crippen LogP contribution is 2.28. The Hall–Kier alpha value is -4.00. The van der Waals surface area contributed by atoms with E-state index in [9.17, 15) is 9.59 Å². The molecule has 0 aliphatic carbocycles. The highest BCUT2D eigenvalue weighted by atomic mass is 16.5. The second-order valence-corrected chi connectivity index (χ2v) is 6.87. The molecule has 0 spiro atoms. The zero-order valence-corrected chi connectivity index (χ0v) is 16.7. The van der Waals surface area contributed by atoms with Crippen LogP contribution in [-0.4, -0.2) is 31.1 Å². The first-order valence-electron chi connectivity index (χ1n) is 9.95. The van der Waals surface area contributed by atoms with Crippen LogP contribution < -0.4 is 25.1 Å². The Kier molecular flexibility index (Phi) is 6.32. The summed E-state index contributed by atoms with van der Waals surface area (Å²) in [5, 5.41) is 0. The molecule has 7 nitrogen and oxygen atoms in total. The number of hydrazine groups is 1. The van der Waals surface area contributed by atoms with Crippen LogP contribution in [0.15, 0.2) is 78.9 Å². The van der Waals surface area contributed by atoms with Gasteiger partial charge in [-0.2, -0.15) is 0 Å². The Morgan fingerprint density at radius 1 is 0.839 bits per heavy atom. The number of amides is 2. The van der Waals surface area contributed by atoms with Crippen LogP contribution in [0.25, 0.3) is 0 Å². The molecule has 1 aliphatic heterocycles. The minimum atomic E-state index is -0.681. The van der Waals surface area contributed by atoms with Gasteiger partial charge in [0.15, 0.2) is 6.10 Å². The third-order valence-electron chi connectivity index (χ3n) is 4.72. The summed E-state index contributed by atoms with van der Waals surface area (Å²) >= 11 is 0. The van der Waals surface area contributed by atoms with Gasteiger partial charge in [0, 0.05) is 6.42 Å². The van der Waals surface area contributed by atoms with E-state index in [1.54, 1.807) is 24.3 Å². The third kappa shape index (κ3) is 5.14. The monoisotopic (exact) mass is 418 g/mol. The van der Waals surface area contributed by atoms with E-state index < -0.39 is 17.9 Å². The summed E-state index contributed by atoms with van der Waals surface area (Å²) in [6, 6.07) is 23.7. The number of benzene rings is 3. The Morgan fingerprint density at radius 2 is 1.55 bits per heavy atom. The first-order valence-corrected chi connectivity index (χ1v) is 9.95. The summed E-state index contributed by atoms with van der Waals surface area (Å²) in [6.45, 7) is 0.593. The van der Waals surface area contributed by atoms with Gasteiger partial charge in [0.2, 0.25) is 0 Å². The molecule has 3 aromatic carbocycles. The van der Waals surface area contributed by atoms with Crippen LogP contribution in [0.2, 0.25) is 0 Å². The first kappa shape index (κ1) is 20.3. The fraction of sp³-hybridized carbons (Fsp3) is 0.167. The maximum absolute atomic E-state index is 12.6. The van der Waals surface area contributed by atoms with Crippen molar-refractivity contribution in [3.63, 3.8) is 0 Å². The molecule has 1 atom stereocenters. The van der Waals surface area contributed by atoms with Crippen molar-refractivity contribution >= 4 is 11.8 Å². The van der Waals surface area contributed by atoms with Crippen LogP contribution in [0.3, 0.4) is 0 Å². The first-order chi connectivity index (χ1) is 15.2. The number of carbonyl (C=O) groups excluding carboxylic acids is 2. The van der Waals surface area contributed by atoms with Crippen molar-refractivity contribution in [2.45, 2.75) is 12.5 Å². The topological polar surface area (TPSA) is 85.9 Å². The van der Waals surface area contributed by atoms with Crippen molar-refractivity contribution in [1.29, 1.82) is 0 Å². The zero-order valence-electron chi connectivity index (χ0n) is 16.7. The van der Waals surface area contributed by atoms with Gasteiger partial charge < -0.3 is 14.2 Å². The molecule has 31 heavy (non-hydrogen) atoms. The SMILES string of the molecule is O=C(NNC(=O)[C@@H]1Cc2ccccc2O1)c1ccccc1OCCOc1ccccc1. The van der Waals surface area contributed by atoms with Gasteiger partial charge in [-0.15, -0.1) is 0 Å². The van der Waals surface area contributed by atoms with E-state index in [4.69, 9.17) is 14.2 Å². The Morgan fingerprint density at radius 3 is 2.39 bits per heavy atom. The Bertz CT molecular complexity index is 1030. The lowest BCUT2D eigenvalue weighted by Crippen LogP contribution is -2.47. The lowest BCUT2D eigenvalue weighted by Gasteiger charge is -2.14. The van der Waals surface area contributed by atoms with E-state index >= 15 is 0 Å². The highest BCUT2D eigenvalue weighted by Gasteiger charge is 2.29. The third-order valence-corrected chi connectivity index (χ3v) is 4.72. The molecule has 4 rings (SSSR count). The van der Waals surface area contributed by atoms with Gasteiger partial charge in [0.05, 0.1) is 5.56 Å². The number of rotatable bonds is 7. The number of hydrogen-bond donors (Lipinski definition) is 2. The molecule has 158 valence electrons. The van der Waals surface area contributed by atoms with Crippen LogP contribution in [0.5, 0.6) is 17.2 Å². The molecule has 0 unspecified atom stereocenters. The maximum atomic E-state index is 12.6. The van der Waals surface area contributed by atoms with E-state index in [0.717, 1.165) is 11.3 Å². The van der Waals surface area contributed by atoms with Gasteiger partial charge in [-0.3, -0.25) is 20.4 Å².